The van der Waals surface area contributed by atoms with Crippen LogP contribution in [-0.4, -0.2) is 38.7 Å². The van der Waals surface area contributed by atoms with Crippen molar-refractivity contribution in [1.82, 2.24) is 19.7 Å². The lowest BCUT2D eigenvalue weighted by Crippen LogP contribution is -2.36. The maximum absolute atomic E-state index is 13.0. The van der Waals surface area contributed by atoms with Crippen molar-refractivity contribution in [2.24, 2.45) is 5.92 Å². The molecule has 1 heterocycles. The Kier molecular flexibility index (Phi) is 5.13. The van der Waals surface area contributed by atoms with E-state index >= 15 is 0 Å². The first-order valence-electron chi connectivity index (χ1n) is 7.76. The molecule has 2 rings (SSSR count). The highest BCUT2D eigenvalue weighted by Gasteiger charge is 2.23. The van der Waals surface area contributed by atoms with Gasteiger partial charge in [-0.25, -0.2) is 14.1 Å². The Balaban J connectivity index is 2.23. The van der Waals surface area contributed by atoms with Crippen LogP contribution in [0.15, 0.2) is 24.3 Å². The van der Waals surface area contributed by atoms with Gasteiger partial charge < -0.3 is 4.90 Å². The summed E-state index contributed by atoms with van der Waals surface area (Å²) < 4.78 is 14.6. The van der Waals surface area contributed by atoms with Crippen LogP contribution in [0.5, 0.6) is 0 Å². The SMILES string of the molecule is Cc1nc(C(=O)N(C)[C@H](C)CC(C)C)nn1-c1ccc(F)cc1. The molecule has 0 spiro atoms. The van der Waals surface area contributed by atoms with Crippen molar-refractivity contribution in [3.63, 3.8) is 0 Å². The van der Waals surface area contributed by atoms with E-state index < -0.39 is 0 Å². The first kappa shape index (κ1) is 17.1. The highest BCUT2D eigenvalue weighted by atomic mass is 19.1. The molecule has 0 fully saturated rings. The Morgan fingerprint density at radius 1 is 1.26 bits per heavy atom. The molecule has 0 aliphatic carbocycles. The molecule has 1 amide bonds. The van der Waals surface area contributed by atoms with E-state index in [-0.39, 0.29) is 23.6 Å². The third kappa shape index (κ3) is 3.94. The molecule has 0 saturated carbocycles. The number of rotatable bonds is 5. The largest absolute Gasteiger partial charge is 0.336 e. The normalized spacial score (nSPS) is 12.5. The Morgan fingerprint density at radius 3 is 2.43 bits per heavy atom. The minimum Gasteiger partial charge on any atom is -0.336 e. The van der Waals surface area contributed by atoms with Crippen LogP contribution in [0.1, 0.15) is 43.6 Å². The monoisotopic (exact) mass is 318 g/mol. The average molecular weight is 318 g/mol. The number of nitrogens with zero attached hydrogens (tertiary/aromatic N) is 4. The summed E-state index contributed by atoms with van der Waals surface area (Å²) in [6.45, 7) is 8.04. The lowest BCUT2D eigenvalue weighted by molar-refractivity contribution is 0.0716. The lowest BCUT2D eigenvalue weighted by Gasteiger charge is -2.25. The smallest absolute Gasteiger partial charge is 0.293 e. The maximum Gasteiger partial charge on any atom is 0.293 e. The van der Waals surface area contributed by atoms with Crippen molar-refractivity contribution in [2.45, 2.75) is 40.2 Å². The molecule has 1 atom stereocenters. The van der Waals surface area contributed by atoms with E-state index in [1.165, 1.54) is 12.1 Å². The molecule has 0 aliphatic heterocycles. The molecule has 0 unspecified atom stereocenters. The van der Waals surface area contributed by atoms with E-state index in [1.807, 2.05) is 6.92 Å². The second kappa shape index (κ2) is 6.89. The summed E-state index contributed by atoms with van der Waals surface area (Å²) in [6, 6.07) is 6.04. The number of carbonyl (C=O) groups is 1. The topological polar surface area (TPSA) is 51.0 Å². The minimum atomic E-state index is -0.315. The first-order chi connectivity index (χ1) is 10.8. The number of benzene rings is 1. The molecule has 5 nitrogen and oxygen atoms in total. The molecule has 0 saturated heterocycles. The zero-order valence-corrected chi connectivity index (χ0v) is 14.2. The quantitative estimate of drug-likeness (QED) is 0.850. The molecule has 1 aromatic heterocycles. The van der Waals surface area contributed by atoms with E-state index in [1.54, 1.807) is 35.7 Å². The van der Waals surface area contributed by atoms with Crippen LogP contribution >= 0.6 is 0 Å². The van der Waals surface area contributed by atoms with E-state index in [2.05, 4.69) is 23.9 Å². The van der Waals surface area contributed by atoms with Gasteiger partial charge in [0.25, 0.3) is 5.91 Å². The predicted octanol–water partition coefficient (Wildman–Crippen LogP) is 3.22. The van der Waals surface area contributed by atoms with Crippen molar-refractivity contribution < 1.29 is 9.18 Å². The Morgan fingerprint density at radius 2 is 1.87 bits per heavy atom. The van der Waals surface area contributed by atoms with Gasteiger partial charge in [-0.3, -0.25) is 4.79 Å². The van der Waals surface area contributed by atoms with Gasteiger partial charge in [0, 0.05) is 13.1 Å². The number of hydrogen-bond acceptors (Lipinski definition) is 3. The summed E-state index contributed by atoms with van der Waals surface area (Å²) in [6.07, 6.45) is 0.917. The van der Waals surface area contributed by atoms with E-state index in [0.717, 1.165) is 6.42 Å². The fourth-order valence-corrected chi connectivity index (χ4v) is 2.51. The summed E-state index contributed by atoms with van der Waals surface area (Å²) in [5.74, 6) is 0.730. The lowest BCUT2D eigenvalue weighted by atomic mass is 10.0. The Bertz CT molecular complexity index is 678. The zero-order chi connectivity index (χ0) is 17.1. The minimum absolute atomic E-state index is 0.112. The van der Waals surface area contributed by atoms with Gasteiger partial charge in [-0.15, -0.1) is 5.10 Å². The number of aryl methyl sites for hydroxylation is 1. The summed E-state index contributed by atoms with van der Waals surface area (Å²) in [7, 11) is 1.77. The third-order valence-electron chi connectivity index (χ3n) is 3.83. The van der Waals surface area contributed by atoms with Crippen LogP contribution in [0, 0.1) is 18.7 Å². The summed E-state index contributed by atoms with van der Waals surface area (Å²) in [5, 5.41) is 4.28. The summed E-state index contributed by atoms with van der Waals surface area (Å²) in [5.41, 5.74) is 0.674. The van der Waals surface area contributed by atoms with Gasteiger partial charge >= 0.3 is 0 Å². The van der Waals surface area contributed by atoms with E-state index in [9.17, 15) is 9.18 Å². The number of amides is 1. The maximum atomic E-state index is 13.0. The molecule has 0 N–H and O–H groups in total. The van der Waals surface area contributed by atoms with Crippen molar-refractivity contribution in [2.75, 3.05) is 7.05 Å². The predicted molar refractivity (Wildman–Crippen MR) is 87.1 cm³/mol. The molecular formula is C17H23FN4O. The Labute approximate surface area is 136 Å². The molecular weight excluding hydrogens is 295 g/mol. The fourth-order valence-electron chi connectivity index (χ4n) is 2.51. The van der Waals surface area contributed by atoms with E-state index in [4.69, 9.17) is 0 Å². The molecule has 2 aromatic rings. The summed E-state index contributed by atoms with van der Waals surface area (Å²) >= 11 is 0. The van der Waals surface area contributed by atoms with Crippen LogP contribution in [0.4, 0.5) is 4.39 Å². The third-order valence-corrected chi connectivity index (χ3v) is 3.83. The second-order valence-corrected chi connectivity index (χ2v) is 6.27. The van der Waals surface area contributed by atoms with Crippen molar-refractivity contribution in [3.05, 3.63) is 41.7 Å². The van der Waals surface area contributed by atoms with Crippen LogP contribution in [-0.2, 0) is 0 Å². The van der Waals surface area contributed by atoms with Gasteiger partial charge in [-0.05, 0) is 50.5 Å². The van der Waals surface area contributed by atoms with Gasteiger partial charge in [0.15, 0.2) is 0 Å². The first-order valence-corrected chi connectivity index (χ1v) is 7.76. The fraction of sp³-hybridized carbons (Fsp3) is 0.471. The number of hydrogen-bond donors (Lipinski definition) is 0. The zero-order valence-electron chi connectivity index (χ0n) is 14.2. The van der Waals surface area contributed by atoms with Crippen molar-refractivity contribution in [3.8, 4) is 5.69 Å². The van der Waals surface area contributed by atoms with Crippen LogP contribution in [0.25, 0.3) is 5.69 Å². The molecule has 0 aliphatic rings. The Hall–Kier alpha value is -2.24. The number of halogens is 1. The molecule has 6 heteroatoms. The van der Waals surface area contributed by atoms with Gasteiger partial charge in [-0.1, -0.05) is 13.8 Å². The van der Waals surface area contributed by atoms with Gasteiger partial charge in [0.1, 0.15) is 11.6 Å². The number of aromatic nitrogens is 3. The second-order valence-electron chi connectivity index (χ2n) is 6.27. The molecule has 0 bridgehead atoms. The number of carbonyl (C=O) groups excluding carboxylic acids is 1. The van der Waals surface area contributed by atoms with Crippen LogP contribution in [0.2, 0.25) is 0 Å². The highest BCUT2D eigenvalue weighted by Crippen LogP contribution is 2.14. The van der Waals surface area contributed by atoms with Crippen LogP contribution in [0.3, 0.4) is 0 Å². The van der Waals surface area contributed by atoms with Crippen molar-refractivity contribution >= 4 is 5.91 Å². The van der Waals surface area contributed by atoms with Crippen LogP contribution < -0.4 is 0 Å². The standard InChI is InChI=1S/C17H23FN4O/c1-11(2)10-12(3)21(5)17(23)16-19-13(4)22(20-16)15-8-6-14(18)7-9-15/h6-9,11-12H,10H2,1-5H3/t12-/m1/s1. The molecule has 0 radical (unpaired) electrons. The van der Waals surface area contributed by atoms with Gasteiger partial charge in [0.05, 0.1) is 5.69 Å². The highest BCUT2D eigenvalue weighted by molar-refractivity contribution is 5.90. The average Bonchev–Trinajstić information content (AvgIpc) is 2.87. The molecule has 23 heavy (non-hydrogen) atoms. The van der Waals surface area contributed by atoms with Crippen molar-refractivity contribution in [1.29, 1.82) is 0 Å². The summed E-state index contributed by atoms with van der Waals surface area (Å²) in [4.78, 5) is 18.5. The molecule has 1 aromatic carbocycles. The van der Waals surface area contributed by atoms with Gasteiger partial charge in [-0.2, -0.15) is 0 Å². The van der Waals surface area contributed by atoms with Gasteiger partial charge in [0.2, 0.25) is 5.82 Å². The van der Waals surface area contributed by atoms with E-state index in [0.29, 0.717) is 17.4 Å². The molecule has 124 valence electrons.